The summed E-state index contributed by atoms with van der Waals surface area (Å²) in [5.41, 5.74) is 0.601. The van der Waals surface area contributed by atoms with Crippen molar-refractivity contribution in [2.45, 2.75) is 30.6 Å². The fourth-order valence-electron chi connectivity index (χ4n) is 2.12. The summed E-state index contributed by atoms with van der Waals surface area (Å²) in [5, 5.41) is 11.8. The van der Waals surface area contributed by atoms with Crippen molar-refractivity contribution in [3.05, 3.63) is 35.9 Å². The number of carbonyl (C=O) groups excluding carboxylic acids is 1. The standard InChI is InChI=1S/C14H17NO3S/c16-13(11-8-4-5-9-19-11)15-12(14(17)18)10-6-2-1-3-7-10/h1-3,6-7,11-12H,4-5,8-9H2,(H,15,16)(H,17,18)/t11?,12-/m1/s1. The zero-order valence-electron chi connectivity index (χ0n) is 10.5. The molecule has 5 heteroatoms. The van der Waals surface area contributed by atoms with Gasteiger partial charge in [-0.1, -0.05) is 36.8 Å². The Bertz CT molecular complexity index is 443. The molecule has 0 aliphatic carbocycles. The van der Waals surface area contributed by atoms with Crippen LogP contribution in [-0.2, 0) is 9.59 Å². The molecule has 1 fully saturated rings. The average Bonchev–Trinajstić information content (AvgIpc) is 2.46. The number of thioether (sulfide) groups is 1. The second-order valence-corrected chi connectivity index (χ2v) is 5.86. The molecule has 1 unspecified atom stereocenters. The van der Waals surface area contributed by atoms with Crippen LogP contribution in [0.3, 0.4) is 0 Å². The Balaban J connectivity index is 2.04. The predicted molar refractivity (Wildman–Crippen MR) is 75.1 cm³/mol. The molecule has 102 valence electrons. The van der Waals surface area contributed by atoms with Gasteiger partial charge < -0.3 is 10.4 Å². The zero-order chi connectivity index (χ0) is 13.7. The fraction of sp³-hybridized carbons (Fsp3) is 0.429. The van der Waals surface area contributed by atoms with Gasteiger partial charge in [0.2, 0.25) is 5.91 Å². The molecule has 4 nitrogen and oxygen atoms in total. The summed E-state index contributed by atoms with van der Waals surface area (Å²) in [5.74, 6) is -0.220. The molecule has 0 spiro atoms. The third-order valence-electron chi connectivity index (χ3n) is 3.14. The van der Waals surface area contributed by atoms with Crippen molar-refractivity contribution < 1.29 is 14.7 Å². The molecule has 2 N–H and O–H groups in total. The van der Waals surface area contributed by atoms with E-state index in [0.29, 0.717) is 5.56 Å². The van der Waals surface area contributed by atoms with Gasteiger partial charge in [-0.2, -0.15) is 0 Å². The van der Waals surface area contributed by atoms with Gasteiger partial charge in [0.05, 0.1) is 5.25 Å². The summed E-state index contributed by atoms with van der Waals surface area (Å²) in [6.07, 6.45) is 3.00. The van der Waals surface area contributed by atoms with Crippen LogP contribution in [0.5, 0.6) is 0 Å². The van der Waals surface area contributed by atoms with E-state index in [1.807, 2.05) is 6.07 Å². The van der Waals surface area contributed by atoms with Crippen LogP contribution in [0.1, 0.15) is 30.9 Å². The van der Waals surface area contributed by atoms with Crippen molar-refractivity contribution in [3.63, 3.8) is 0 Å². The van der Waals surface area contributed by atoms with Crippen molar-refractivity contribution in [1.29, 1.82) is 0 Å². The minimum Gasteiger partial charge on any atom is -0.479 e. The number of nitrogens with one attached hydrogen (secondary N) is 1. The van der Waals surface area contributed by atoms with Crippen molar-refractivity contribution in [3.8, 4) is 0 Å². The molecule has 1 amide bonds. The van der Waals surface area contributed by atoms with Crippen molar-refractivity contribution in [2.24, 2.45) is 0 Å². The van der Waals surface area contributed by atoms with E-state index >= 15 is 0 Å². The van der Waals surface area contributed by atoms with Gasteiger partial charge in [0, 0.05) is 0 Å². The molecule has 1 aliphatic rings. The number of carboxylic acids is 1. The molecule has 0 bridgehead atoms. The van der Waals surface area contributed by atoms with Crippen LogP contribution < -0.4 is 5.32 Å². The maximum atomic E-state index is 12.1. The molecular formula is C14H17NO3S. The Morgan fingerprint density at radius 1 is 1.26 bits per heavy atom. The second kappa shape index (κ2) is 6.61. The molecule has 1 aliphatic heterocycles. The van der Waals surface area contributed by atoms with Crippen molar-refractivity contribution in [1.82, 2.24) is 5.32 Å². The number of carboxylic acid groups (broad SMARTS) is 1. The van der Waals surface area contributed by atoms with Gasteiger partial charge in [0.1, 0.15) is 0 Å². The van der Waals surface area contributed by atoms with Gasteiger partial charge in [-0.25, -0.2) is 4.79 Å². The highest BCUT2D eigenvalue weighted by Crippen LogP contribution is 2.26. The van der Waals surface area contributed by atoms with E-state index in [-0.39, 0.29) is 11.2 Å². The molecular weight excluding hydrogens is 262 g/mol. The molecule has 1 aromatic rings. The quantitative estimate of drug-likeness (QED) is 0.887. The van der Waals surface area contributed by atoms with Gasteiger partial charge in [0.15, 0.2) is 6.04 Å². The minimum absolute atomic E-state index is 0.112. The van der Waals surface area contributed by atoms with Gasteiger partial charge in [0.25, 0.3) is 0 Å². The molecule has 1 heterocycles. The molecule has 0 aromatic heterocycles. The maximum Gasteiger partial charge on any atom is 0.330 e. The first kappa shape index (κ1) is 13.9. The molecule has 0 radical (unpaired) electrons. The normalized spacial score (nSPS) is 20.5. The molecule has 2 rings (SSSR count). The van der Waals surface area contributed by atoms with E-state index in [4.69, 9.17) is 0 Å². The Morgan fingerprint density at radius 3 is 2.58 bits per heavy atom. The lowest BCUT2D eigenvalue weighted by atomic mass is 10.1. The van der Waals surface area contributed by atoms with E-state index in [0.717, 1.165) is 25.0 Å². The number of amides is 1. The predicted octanol–water partition coefficient (Wildman–Crippen LogP) is 2.21. The van der Waals surface area contributed by atoms with Gasteiger partial charge >= 0.3 is 5.97 Å². The largest absolute Gasteiger partial charge is 0.479 e. The van der Waals surface area contributed by atoms with Crippen molar-refractivity contribution >= 4 is 23.6 Å². The first-order valence-electron chi connectivity index (χ1n) is 6.38. The first-order valence-corrected chi connectivity index (χ1v) is 7.43. The monoisotopic (exact) mass is 279 g/mol. The van der Waals surface area contributed by atoms with E-state index in [2.05, 4.69) is 5.32 Å². The van der Waals surface area contributed by atoms with E-state index in [1.54, 1.807) is 36.0 Å². The van der Waals surface area contributed by atoms with Gasteiger partial charge in [-0.15, -0.1) is 11.8 Å². The Labute approximate surface area is 116 Å². The summed E-state index contributed by atoms with van der Waals surface area (Å²) in [6.45, 7) is 0. The maximum absolute atomic E-state index is 12.1. The highest BCUT2D eigenvalue weighted by atomic mass is 32.2. The zero-order valence-corrected chi connectivity index (χ0v) is 11.4. The number of hydrogen-bond donors (Lipinski definition) is 2. The lowest BCUT2D eigenvalue weighted by Crippen LogP contribution is -2.39. The summed E-state index contributed by atoms with van der Waals surface area (Å²) >= 11 is 1.62. The highest BCUT2D eigenvalue weighted by molar-refractivity contribution is 8.00. The Hall–Kier alpha value is -1.49. The fourth-order valence-corrected chi connectivity index (χ4v) is 3.32. The topological polar surface area (TPSA) is 66.4 Å². The van der Waals surface area contributed by atoms with E-state index in [1.165, 1.54) is 0 Å². The first-order chi connectivity index (χ1) is 9.18. The van der Waals surface area contributed by atoms with Gasteiger partial charge in [-0.05, 0) is 24.2 Å². The average molecular weight is 279 g/mol. The second-order valence-electron chi connectivity index (χ2n) is 4.55. The molecule has 19 heavy (non-hydrogen) atoms. The number of aliphatic carboxylic acids is 1. The lowest BCUT2D eigenvalue weighted by molar-refractivity contribution is -0.142. The van der Waals surface area contributed by atoms with Crippen molar-refractivity contribution in [2.75, 3.05) is 5.75 Å². The van der Waals surface area contributed by atoms with E-state index in [9.17, 15) is 14.7 Å². The van der Waals surface area contributed by atoms with Crippen LogP contribution in [0.25, 0.3) is 0 Å². The smallest absolute Gasteiger partial charge is 0.330 e. The van der Waals surface area contributed by atoms with Gasteiger partial charge in [-0.3, -0.25) is 4.79 Å². The highest BCUT2D eigenvalue weighted by Gasteiger charge is 2.27. The number of rotatable bonds is 4. The summed E-state index contributed by atoms with van der Waals surface area (Å²) < 4.78 is 0. The molecule has 2 atom stereocenters. The van der Waals surface area contributed by atoms with Crippen LogP contribution in [0.2, 0.25) is 0 Å². The van der Waals surface area contributed by atoms with Crippen LogP contribution in [0, 0.1) is 0 Å². The number of hydrogen-bond acceptors (Lipinski definition) is 3. The molecule has 1 saturated heterocycles. The summed E-state index contributed by atoms with van der Waals surface area (Å²) in [7, 11) is 0. The summed E-state index contributed by atoms with van der Waals surface area (Å²) in [4.78, 5) is 23.4. The SMILES string of the molecule is O=C(N[C@@H](C(=O)O)c1ccccc1)C1CCCCS1. The number of benzene rings is 1. The third-order valence-corrected chi connectivity index (χ3v) is 4.52. The Kier molecular flexibility index (Phi) is 4.85. The summed E-state index contributed by atoms with van der Waals surface area (Å²) in [6, 6.07) is 7.83. The van der Waals surface area contributed by atoms with Crippen LogP contribution in [-0.4, -0.2) is 28.0 Å². The van der Waals surface area contributed by atoms with Crippen LogP contribution in [0.4, 0.5) is 0 Å². The lowest BCUT2D eigenvalue weighted by Gasteiger charge is -2.23. The van der Waals surface area contributed by atoms with E-state index < -0.39 is 12.0 Å². The molecule has 1 aromatic carbocycles. The van der Waals surface area contributed by atoms with Crippen LogP contribution in [0.15, 0.2) is 30.3 Å². The third kappa shape index (κ3) is 3.73. The molecule has 0 saturated carbocycles. The van der Waals surface area contributed by atoms with Crippen LogP contribution >= 0.6 is 11.8 Å². The number of carbonyl (C=O) groups is 2. The Morgan fingerprint density at radius 2 is 2.00 bits per heavy atom. The minimum atomic E-state index is -1.03.